The number of esters is 1. The van der Waals surface area contributed by atoms with Crippen molar-refractivity contribution >= 4 is 5.97 Å². The lowest BCUT2D eigenvalue weighted by Gasteiger charge is -2.42. The number of rotatable bonds is 2. The highest BCUT2D eigenvalue weighted by molar-refractivity contribution is 5.66. The van der Waals surface area contributed by atoms with Crippen LogP contribution in [0, 0.1) is 0 Å². The van der Waals surface area contributed by atoms with Crippen molar-refractivity contribution in [2.24, 2.45) is 0 Å². The van der Waals surface area contributed by atoms with E-state index in [1.165, 1.54) is 30.9 Å². The third-order valence-electron chi connectivity index (χ3n) is 4.69. The molecule has 1 aliphatic carbocycles. The van der Waals surface area contributed by atoms with E-state index < -0.39 is 0 Å². The molecule has 0 aromatic heterocycles. The van der Waals surface area contributed by atoms with Gasteiger partial charge in [-0.15, -0.1) is 0 Å². The molecule has 0 amide bonds. The Balaban J connectivity index is 2.46. The maximum Gasteiger partial charge on any atom is 0.303 e. The SMILES string of the molecule is CC(=O)OC(C)c1ccc2c(c1)C(C)(C)CCC2(C)C. The number of carbonyl (C=O) groups is 1. The van der Waals surface area contributed by atoms with Gasteiger partial charge in [-0.1, -0.05) is 45.9 Å². The minimum atomic E-state index is -0.227. The fourth-order valence-corrected chi connectivity index (χ4v) is 3.18. The van der Waals surface area contributed by atoms with Crippen LogP contribution in [0.2, 0.25) is 0 Å². The van der Waals surface area contributed by atoms with Crippen LogP contribution in [0.15, 0.2) is 18.2 Å². The monoisotopic (exact) mass is 274 g/mol. The minimum Gasteiger partial charge on any atom is -0.458 e. The molecular formula is C18H26O2. The molecule has 110 valence electrons. The Labute approximate surface area is 122 Å². The summed E-state index contributed by atoms with van der Waals surface area (Å²) in [6.07, 6.45) is 2.23. The van der Waals surface area contributed by atoms with Crippen molar-refractivity contribution in [2.75, 3.05) is 0 Å². The molecule has 1 aromatic carbocycles. The Morgan fingerprint density at radius 1 is 1.10 bits per heavy atom. The molecule has 0 fully saturated rings. The number of benzene rings is 1. The van der Waals surface area contributed by atoms with Crippen LogP contribution in [0.3, 0.4) is 0 Å². The molecule has 0 radical (unpaired) electrons. The Morgan fingerprint density at radius 2 is 1.65 bits per heavy atom. The summed E-state index contributed by atoms with van der Waals surface area (Å²) in [5.74, 6) is -0.227. The predicted molar refractivity (Wildman–Crippen MR) is 81.9 cm³/mol. The van der Waals surface area contributed by atoms with E-state index >= 15 is 0 Å². The predicted octanol–water partition coefficient (Wildman–Crippen LogP) is 4.66. The minimum absolute atomic E-state index is 0.182. The van der Waals surface area contributed by atoms with E-state index in [9.17, 15) is 4.79 Å². The molecule has 20 heavy (non-hydrogen) atoms. The lowest BCUT2D eigenvalue weighted by atomic mass is 9.63. The largest absolute Gasteiger partial charge is 0.458 e. The van der Waals surface area contributed by atoms with Gasteiger partial charge in [-0.3, -0.25) is 4.79 Å². The van der Waals surface area contributed by atoms with Gasteiger partial charge in [0.1, 0.15) is 6.10 Å². The van der Waals surface area contributed by atoms with Gasteiger partial charge in [-0.05, 0) is 47.3 Å². The number of hydrogen-bond acceptors (Lipinski definition) is 2. The number of fused-ring (bicyclic) bond motifs is 1. The maximum atomic E-state index is 11.1. The van der Waals surface area contributed by atoms with Gasteiger partial charge in [0.2, 0.25) is 0 Å². The van der Waals surface area contributed by atoms with E-state index in [2.05, 4.69) is 45.9 Å². The number of carbonyl (C=O) groups excluding carboxylic acids is 1. The van der Waals surface area contributed by atoms with E-state index in [1.54, 1.807) is 0 Å². The van der Waals surface area contributed by atoms with Crippen molar-refractivity contribution in [1.82, 2.24) is 0 Å². The Morgan fingerprint density at radius 3 is 2.20 bits per heavy atom. The second kappa shape index (κ2) is 4.91. The summed E-state index contributed by atoms with van der Waals surface area (Å²) >= 11 is 0. The summed E-state index contributed by atoms with van der Waals surface area (Å²) in [5, 5.41) is 0. The van der Waals surface area contributed by atoms with E-state index in [-0.39, 0.29) is 22.9 Å². The van der Waals surface area contributed by atoms with Crippen LogP contribution >= 0.6 is 0 Å². The Bertz CT molecular complexity index is 526. The van der Waals surface area contributed by atoms with Gasteiger partial charge >= 0.3 is 5.97 Å². The molecule has 2 rings (SSSR count). The number of ether oxygens (including phenoxy) is 1. The summed E-state index contributed by atoms with van der Waals surface area (Å²) in [6.45, 7) is 12.6. The Kier molecular flexibility index (Phi) is 3.70. The molecule has 0 saturated carbocycles. The first-order valence-electron chi connectivity index (χ1n) is 7.46. The first-order valence-corrected chi connectivity index (χ1v) is 7.46. The zero-order chi connectivity index (χ0) is 15.1. The van der Waals surface area contributed by atoms with Gasteiger partial charge < -0.3 is 4.74 Å². The molecular weight excluding hydrogens is 248 g/mol. The van der Waals surface area contributed by atoms with Crippen molar-refractivity contribution in [2.45, 2.75) is 71.3 Å². The summed E-state index contributed by atoms with van der Waals surface area (Å²) in [7, 11) is 0. The highest BCUT2D eigenvalue weighted by Gasteiger charge is 2.37. The van der Waals surface area contributed by atoms with Crippen molar-refractivity contribution in [3.63, 3.8) is 0 Å². The molecule has 1 aliphatic rings. The first kappa shape index (κ1) is 15.1. The summed E-state index contributed by atoms with van der Waals surface area (Å²) in [4.78, 5) is 11.1. The fourth-order valence-electron chi connectivity index (χ4n) is 3.18. The van der Waals surface area contributed by atoms with Crippen LogP contribution in [-0.2, 0) is 20.4 Å². The molecule has 0 saturated heterocycles. The molecule has 1 unspecified atom stereocenters. The maximum absolute atomic E-state index is 11.1. The highest BCUT2D eigenvalue weighted by Crippen LogP contribution is 2.46. The van der Waals surface area contributed by atoms with Gasteiger partial charge in [0.15, 0.2) is 0 Å². The van der Waals surface area contributed by atoms with Crippen molar-refractivity contribution in [3.05, 3.63) is 34.9 Å². The van der Waals surface area contributed by atoms with Gasteiger partial charge in [0.25, 0.3) is 0 Å². The van der Waals surface area contributed by atoms with Gasteiger partial charge in [-0.2, -0.15) is 0 Å². The van der Waals surface area contributed by atoms with Crippen LogP contribution in [-0.4, -0.2) is 5.97 Å². The van der Waals surface area contributed by atoms with Crippen molar-refractivity contribution < 1.29 is 9.53 Å². The third kappa shape index (κ3) is 2.74. The van der Waals surface area contributed by atoms with E-state index in [4.69, 9.17) is 4.74 Å². The molecule has 2 heteroatoms. The van der Waals surface area contributed by atoms with Gasteiger partial charge in [0.05, 0.1) is 0 Å². The fraction of sp³-hybridized carbons (Fsp3) is 0.611. The normalized spacial score (nSPS) is 20.9. The van der Waals surface area contributed by atoms with Gasteiger partial charge in [0, 0.05) is 6.92 Å². The molecule has 0 N–H and O–H groups in total. The van der Waals surface area contributed by atoms with Crippen LogP contribution in [0.4, 0.5) is 0 Å². The molecule has 1 aromatic rings. The topological polar surface area (TPSA) is 26.3 Å². The molecule has 2 nitrogen and oxygen atoms in total. The lowest BCUT2D eigenvalue weighted by molar-refractivity contribution is -0.145. The highest BCUT2D eigenvalue weighted by atomic mass is 16.5. The third-order valence-corrected chi connectivity index (χ3v) is 4.69. The zero-order valence-corrected chi connectivity index (χ0v) is 13.5. The van der Waals surface area contributed by atoms with Crippen molar-refractivity contribution in [3.8, 4) is 0 Å². The lowest BCUT2D eigenvalue weighted by Crippen LogP contribution is -2.34. The summed E-state index contributed by atoms with van der Waals surface area (Å²) < 4.78 is 5.31. The van der Waals surface area contributed by atoms with E-state index in [0.29, 0.717) is 0 Å². The van der Waals surface area contributed by atoms with Gasteiger partial charge in [-0.25, -0.2) is 0 Å². The standard InChI is InChI=1S/C18H26O2/c1-12(20-13(2)19)14-7-8-15-16(11-14)18(5,6)10-9-17(15,3)4/h7-8,11-12H,9-10H2,1-6H3. The first-order chi connectivity index (χ1) is 9.13. The van der Waals surface area contributed by atoms with Crippen LogP contribution < -0.4 is 0 Å². The van der Waals surface area contributed by atoms with Crippen LogP contribution in [0.5, 0.6) is 0 Å². The van der Waals surface area contributed by atoms with Crippen molar-refractivity contribution in [1.29, 1.82) is 0 Å². The van der Waals surface area contributed by atoms with E-state index in [0.717, 1.165) is 5.56 Å². The quantitative estimate of drug-likeness (QED) is 0.733. The summed E-state index contributed by atoms with van der Waals surface area (Å²) in [6, 6.07) is 6.57. The second-order valence-corrected chi connectivity index (χ2v) is 7.32. The van der Waals surface area contributed by atoms with E-state index in [1.807, 2.05) is 6.92 Å². The van der Waals surface area contributed by atoms with Crippen LogP contribution in [0.1, 0.15) is 77.2 Å². The smallest absolute Gasteiger partial charge is 0.303 e. The Hall–Kier alpha value is -1.31. The summed E-state index contributed by atoms with van der Waals surface area (Å²) in [5.41, 5.74) is 4.35. The average molecular weight is 274 g/mol. The molecule has 0 spiro atoms. The molecule has 0 bridgehead atoms. The average Bonchev–Trinajstić information content (AvgIpc) is 2.34. The number of hydrogen-bond donors (Lipinski definition) is 0. The molecule has 0 aliphatic heterocycles. The molecule has 0 heterocycles. The van der Waals surface area contributed by atoms with Crippen LogP contribution in [0.25, 0.3) is 0 Å². The molecule has 1 atom stereocenters. The second-order valence-electron chi connectivity index (χ2n) is 7.32. The zero-order valence-electron chi connectivity index (χ0n) is 13.5.